The Kier molecular flexibility index (Phi) is 6.47. The van der Waals surface area contributed by atoms with Crippen molar-refractivity contribution in [2.45, 2.75) is 18.9 Å². The van der Waals surface area contributed by atoms with Crippen LogP contribution in [0.2, 0.25) is 0 Å². The number of ether oxygens (including phenoxy) is 1. The van der Waals surface area contributed by atoms with Crippen LogP contribution in [0, 0.1) is 0 Å². The van der Waals surface area contributed by atoms with Crippen LogP contribution in [-0.2, 0) is 17.6 Å². The molecule has 4 nitrogen and oxygen atoms in total. The molecule has 1 aromatic rings. The molecule has 0 aromatic heterocycles. The van der Waals surface area contributed by atoms with Crippen molar-refractivity contribution in [1.29, 1.82) is 0 Å². The van der Waals surface area contributed by atoms with Crippen molar-refractivity contribution in [3.63, 3.8) is 0 Å². The summed E-state index contributed by atoms with van der Waals surface area (Å²) in [7, 11) is 1.69. The van der Waals surface area contributed by atoms with Gasteiger partial charge >= 0.3 is 0 Å². The number of methoxy groups -OCH3 is 1. The van der Waals surface area contributed by atoms with E-state index in [1.807, 2.05) is 0 Å². The zero-order valence-electron chi connectivity index (χ0n) is 12.3. The fourth-order valence-electron chi connectivity index (χ4n) is 2.70. The van der Waals surface area contributed by atoms with E-state index in [0.29, 0.717) is 13.2 Å². The zero-order valence-corrected chi connectivity index (χ0v) is 12.3. The fraction of sp³-hybridized carbons (Fsp3) is 0.625. The third kappa shape index (κ3) is 4.87. The molecule has 4 heteroatoms. The van der Waals surface area contributed by atoms with E-state index in [1.165, 1.54) is 11.1 Å². The van der Waals surface area contributed by atoms with E-state index in [-0.39, 0.29) is 6.10 Å². The van der Waals surface area contributed by atoms with Crippen LogP contribution in [0.25, 0.3) is 0 Å². The smallest absolute Gasteiger partial charge is 0.0791 e. The van der Waals surface area contributed by atoms with Crippen molar-refractivity contribution >= 4 is 0 Å². The molecule has 20 heavy (non-hydrogen) atoms. The predicted octanol–water partition coefficient (Wildman–Crippen LogP) is 0.684. The fourth-order valence-corrected chi connectivity index (χ4v) is 2.70. The maximum Gasteiger partial charge on any atom is 0.0791 e. The van der Waals surface area contributed by atoms with Gasteiger partial charge in [0.15, 0.2) is 0 Å². The topological polar surface area (TPSA) is 44.7 Å². The van der Waals surface area contributed by atoms with Gasteiger partial charge in [-0.25, -0.2) is 0 Å². The number of β-amino-alcohol motifs (C(OH)–C–C–N with tert-alkyl or cyclic N) is 1. The number of aliphatic hydroxyl groups is 1. The summed E-state index contributed by atoms with van der Waals surface area (Å²) in [5.74, 6) is 0. The molecule has 0 fully saturated rings. The summed E-state index contributed by atoms with van der Waals surface area (Å²) in [6.45, 7) is 4.92. The molecule has 2 rings (SSSR count). The molecule has 1 unspecified atom stereocenters. The molecule has 1 heterocycles. The molecule has 0 saturated heterocycles. The third-order valence-electron chi connectivity index (χ3n) is 3.84. The van der Waals surface area contributed by atoms with Gasteiger partial charge in [0.25, 0.3) is 0 Å². The summed E-state index contributed by atoms with van der Waals surface area (Å²) in [5, 5.41) is 13.3. The SMILES string of the molecule is COCCNCC(O)CN1CCc2ccccc2CC1. The highest BCUT2D eigenvalue weighted by molar-refractivity contribution is 5.28. The molecular formula is C16H26N2O2. The zero-order chi connectivity index (χ0) is 14.2. The molecule has 1 aliphatic rings. The molecule has 0 saturated carbocycles. The number of aliphatic hydroxyl groups excluding tert-OH is 1. The second-order valence-corrected chi connectivity index (χ2v) is 5.42. The van der Waals surface area contributed by atoms with E-state index >= 15 is 0 Å². The molecule has 2 N–H and O–H groups in total. The molecule has 112 valence electrons. The van der Waals surface area contributed by atoms with Crippen LogP contribution in [0.5, 0.6) is 0 Å². The maximum atomic E-state index is 10.1. The molecule has 0 radical (unpaired) electrons. The molecular weight excluding hydrogens is 252 g/mol. The van der Waals surface area contributed by atoms with Gasteiger partial charge in [0.05, 0.1) is 12.7 Å². The van der Waals surface area contributed by atoms with Crippen LogP contribution in [0.3, 0.4) is 0 Å². The summed E-state index contributed by atoms with van der Waals surface area (Å²) < 4.78 is 4.97. The van der Waals surface area contributed by atoms with Gasteiger partial charge in [-0.15, -0.1) is 0 Å². The summed E-state index contributed by atoms with van der Waals surface area (Å²) >= 11 is 0. The Labute approximate surface area is 121 Å². The number of rotatable bonds is 7. The highest BCUT2D eigenvalue weighted by Crippen LogP contribution is 2.15. The van der Waals surface area contributed by atoms with E-state index in [9.17, 15) is 5.11 Å². The van der Waals surface area contributed by atoms with Gasteiger partial charge < -0.3 is 20.1 Å². The van der Waals surface area contributed by atoms with Gasteiger partial charge in [0.1, 0.15) is 0 Å². The van der Waals surface area contributed by atoms with Gasteiger partial charge in [-0.2, -0.15) is 0 Å². The maximum absolute atomic E-state index is 10.1. The van der Waals surface area contributed by atoms with Gasteiger partial charge in [-0.05, 0) is 24.0 Å². The quantitative estimate of drug-likeness (QED) is 0.720. The highest BCUT2D eigenvalue weighted by Gasteiger charge is 2.16. The van der Waals surface area contributed by atoms with Crippen molar-refractivity contribution in [1.82, 2.24) is 10.2 Å². The molecule has 0 bridgehead atoms. The van der Waals surface area contributed by atoms with Crippen molar-refractivity contribution in [3.8, 4) is 0 Å². The Bertz CT molecular complexity index is 371. The molecule has 0 spiro atoms. The summed E-state index contributed by atoms with van der Waals surface area (Å²) in [4.78, 5) is 2.36. The second kappa shape index (κ2) is 8.37. The number of hydrogen-bond donors (Lipinski definition) is 2. The first-order chi connectivity index (χ1) is 9.79. The minimum atomic E-state index is -0.312. The highest BCUT2D eigenvalue weighted by atomic mass is 16.5. The van der Waals surface area contributed by atoms with E-state index in [2.05, 4.69) is 34.5 Å². The normalized spacial score (nSPS) is 17.5. The Morgan fingerprint density at radius 3 is 2.50 bits per heavy atom. The average Bonchev–Trinajstić information content (AvgIpc) is 2.67. The standard InChI is InChI=1S/C16H26N2O2/c1-20-11-8-17-12-16(19)13-18-9-6-14-4-2-3-5-15(14)7-10-18/h2-5,16-17,19H,6-13H2,1H3. The van der Waals surface area contributed by atoms with E-state index < -0.39 is 0 Å². The van der Waals surface area contributed by atoms with Crippen LogP contribution < -0.4 is 5.32 Å². The number of nitrogens with one attached hydrogen (secondary N) is 1. The largest absolute Gasteiger partial charge is 0.390 e. The van der Waals surface area contributed by atoms with Gasteiger partial charge in [-0.1, -0.05) is 24.3 Å². The van der Waals surface area contributed by atoms with Crippen molar-refractivity contribution < 1.29 is 9.84 Å². The number of nitrogens with zero attached hydrogens (tertiary/aromatic N) is 1. The number of benzene rings is 1. The first-order valence-corrected chi connectivity index (χ1v) is 7.46. The van der Waals surface area contributed by atoms with Gasteiger partial charge in [0, 0.05) is 39.8 Å². The summed E-state index contributed by atoms with van der Waals surface area (Å²) in [6, 6.07) is 8.68. The van der Waals surface area contributed by atoms with Crippen molar-refractivity contribution in [2.75, 3.05) is 46.4 Å². The molecule has 1 aliphatic heterocycles. The lowest BCUT2D eigenvalue weighted by Gasteiger charge is -2.23. The van der Waals surface area contributed by atoms with E-state index in [0.717, 1.165) is 39.0 Å². The molecule has 0 aliphatic carbocycles. The lowest BCUT2D eigenvalue weighted by atomic mass is 10.0. The van der Waals surface area contributed by atoms with Crippen LogP contribution in [0.4, 0.5) is 0 Å². The second-order valence-electron chi connectivity index (χ2n) is 5.42. The van der Waals surface area contributed by atoms with Gasteiger partial charge in [-0.3, -0.25) is 0 Å². The molecule has 1 atom stereocenters. The van der Waals surface area contributed by atoms with Crippen LogP contribution in [0.1, 0.15) is 11.1 Å². The van der Waals surface area contributed by atoms with Crippen LogP contribution >= 0.6 is 0 Å². The Balaban J connectivity index is 1.72. The minimum Gasteiger partial charge on any atom is -0.390 e. The Morgan fingerprint density at radius 1 is 1.25 bits per heavy atom. The number of hydrogen-bond acceptors (Lipinski definition) is 4. The van der Waals surface area contributed by atoms with Crippen LogP contribution in [-0.4, -0.2) is 62.6 Å². The van der Waals surface area contributed by atoms with Crippen molar-refractivity contribution in [3.05, 3.63) is 35.4 Å². The van der Waals surface area contributed by atoms with Crippen molar-refractivity contribution in [2.24, 2.45) is 0 Å². The average molecular weight is 278 g/mol. The number of fused-ring (bicyclic) bond motifs is 1. The Morgan fingerprint density at radius 2 is 1.90 bits per heavy atom. The predicted molar refractivity (Wildman–Crippen MR) is 81.0 cm³/mol. The van der Waals surface area contributed by atoms with E-state index in [4.69, 9.17) is 4.74 Å². The molecule has 1 aromatic carbocycles. The summed E-state index contributed by atoms with van der Waals surface area (Å²) in [5.41, 5.74) is 2.92. The monoisotopic (exact) mass is 278 g/mol. The van der Waals surface area contributed by atoms with Gasteiger partial charge in [0.2, 0.25) is 0 Å². The lowest BCUT2D eigenvalue weighted by molar-refractivity contribution is 0.110. The lowest BCUT2D eigenvalue weighted by Crippen LogP contribution is -2.40. The van der Waals surface area contributed by atoms with Crippen LogP contribution in [0.15, 0.2) is 24.3 Å². The third-order valence-corrected chi connectivity index (χ3v) is 3.84. The minimum absolute atomic E-state index is 0.312. The first-order valence-electron chi connectivity index (χ1n) is 7.46. The Hall–Kier alpha value is -0.940. The summed E-state index contributed by atoms with van der Waals surface area (Å²) in [6.07, 6.45) is 1.85. The molecule has 0 amide bonds. The van der Waals surface area contributed by atoms with E-state index in [1.54, 1.807) is 7.11 Å². The first kappa shape index (κ1) is 15.4.